The maximum atomic E-state index is 13.3. The van der Waals surface area contributed by atoms with E-state index in [1.165, 1.54) is 62.6 Å². The molecule has 8 nitrogen and oxygen atoms in total. The van der Waals surface area contributed by atoms with Crippen molar-refractivity contribution in [2.75, 3.05) is 33.3 Å². The van der Waals surface area contributed by atoms with Gasteiger partial charge < -0.3 is 14.4 Å². The van der Waals surface area contributed by atoms with E-state index in [1.54, 1.807) is 12.1 Å². The number of aromatic nitrogens is 3. The van der Waals surface area contributed by atoms with Gasteiger partial charge in [0.25, 0.3) is 0 Å². The smallest absolute Gasteiger partial charge is 0.410 e. The Hall–Kier alpha value is -2.68. The summed E-state index contributed by atoms with van der Waals surface area (Å²) in [7, 11) is 1.42. The van der Waals surface area contributed by atoms with Gasteiger partial charge in [0.2, 0.25) is 0 Å². The Bertz CT molecular complexity index is 871. The second-order valence-electron chi connectivity index (χ2n) is 9.45. The van der Waals surface area contributed by atoms with Crippen molar-refractivity contribution in [3.05, 3.63) is 36.7 Å². The Morgan fingerprint density at radius 1 is 1.09 bits per heavy atom. The number of carbonyl (C=O) groups is 1. The van der Waals surface area contributed by atoms with Gasteiger partial charge >= 0.3 is 6.09 Å². The maximum Gasteiger partial charge on any atom is 0.410 e. The Morgan fingerprint density at radius 2 is 1.79 bits per heavy atom. The number of carbonyl (C=O) groups excluding carboxylic acids is 1. The van der Waals surface area contributed by atoms with Gasteiger partial charge in [0, 0.05) is 38.3 Å². The van der Waals surface area contributed by atoms with Crippen molar-refractivity contribution in [2.45, 2.75) is 64.5 Å². The lowest BCUT2D eigenvalue weighted by atomic mass is 9.94. The molecule has 1 aliphatic heterocycles. The minimum atomic E-state index is -0.416. The summed E-state index contributed by atoms with van der Waals surface area (Å²) in [5.41, 5.74) is 0.221. The zero-order valence-corrected chi connectivity index (χ0v) is 20.2. The molecule has 0 unspecified atom stereocenters. The number of hydrogen-bond donors (Lipinski definition) is 0. The highest BCUT2D eigenvalue weighted by atomic mass is 19.1. The minimum absolute atomic E-state index is 0.157. The van der Waals surface area contributed by atoms with E-state index in [0.29, 0.717) is 5.69 Å². The van der Waals surface area contributed by atoms with E-state index < -0.39 is 11.4 Å². The molecule has 2 fully saturated rings. The molecule has 2 aliphatic rings. The van der Waals surface area contributed by atoms with E-state index in [2.05, 4.69) is 15.0 Å². The molecule has 2 aromatic rings. The molecule has 1 saturated carbocycles. The first-order valence-electron chi connectivity index (χ1n) is 11.7. The van der Waals surface area contributed by atoms with Crippen LogP contribution in [-0.4, -0.2) is 75.6 Å². The summed E-state index contributed by atoms with van der Waals surface area (Å²) in [6.45, 7) is 9.39. The molecule has 1 aliphatic carbocycles. The molecule has 1 saturated heterocycles. The predicted octanol–water partition coefficient (Wildman–Crippen LogP) is 4.29. The Balaban J connectivity index is 0.000000194. The average Bonchev–Trinajstić information content (AvgIpc) is 3.34. The zero-order valence-electron chi connectivity index (χ0n) is 20.2. The molecule has 0 atom stereocenters. The Morgan fingerprint density at radius 3 is 2.33 bits per heavy atom. The topological polar surface area (TPSA) is 72.7 Å². The first kappa shape index (κ1) is 25.0. The van der Waals surface area contributed by atoms with Crippen molar-refractivity contribution in [2.24, 2.45) is 0 Å². The first-order chi connectivity index (χ1) is 15.8. The first-order valence-corrected chi connectivity index (χ1v) is 11.7. The number of amides is 1. The second kappa shape index (κ2) is 11.4. The van der Waals surface area contributed by atoms with Crippen molar-refractivity contribution in [3.63, 3.8) is 0 Å². The van der Waals surface area contributed by atoms with Gasteiger partial charge in [-0.1, -0.05) is 19.3 Å². The van der Waals surface area contributed by atoms with Gasteiger partial charge in [0.1, 0.15) is 18.3 Å². The molecule has 33 heavy (non-hydrogen) atoms. The summed E-state index contributed by atoms with van der Waals surface area (Å²) in [6.07, 6.45) is 9.56. The molecule has 2 heterocycles. The highest BCUT2D eigenvalue weighted by Crippen LogP contribution is 2.24. The maximum absolute atomic E-state index is 13.3. The van der Waals surface area contributed by atoms with Crippen LogP contribution in [0.25, 0.3) is 5.69 Å². The van der Waals surface area contributed by atoms with E-state index >= 15 is 0 Å². The van der Waals surface area contributed by atoms with Gasteiger partial charge in [0.05, 0.1) is 12.8 Å². The summed E-state index contributed by atoms with van der Waals surface area (Å²) >= 11 is 0. The average molecular weight is 462 g/mol. The number of halogens is 1. The molecule has 4 rings (SSSR count). The van der Waals surface area contributed by atoms with Crippen LogP contribution in [0.5, 0.6) is 5.75 Å². The fourth-order valence-electron chi connectivity index (χ4n) is 4.18. The molecule has 0 N–H and O–H groups in total. The van der Waals surface area contributed by atoms with Crippen LogP contribution >= 0.6 is 0 Å². The number of methoxy groups -OCH3 is 1. The molecule has 0 radical (unpaired) electrons. The van der Waals surface area contributed by atoms with Gasteiger partial charge in [-0.25, -0.2) is 18.9 Å². The van der Waals surface area contributed by atoms with Gasteiger partial charge in [-0.05, 0) is 45.7 Å². The lowest BCUT2D eigenvalue weighted by Crippen LogP contribution is -2.53. The Labute approximate surface area is 195 Å². The Kier molecular flexibility index (Phi) is 8.66. The van der Waals surface area contributed by atoms with Gasteiger partial charge in [0.15, 0.2) is 11.6 Å². The summed E-state index contributed by atoms with van der Waals surface area (Å²) in [6, 6.07) is 5.35. The third-order valence-electron chi connectivity index (χ3n) is 5.88. The number of ether oxygens (including phenoxy) is 2. The zero-order chi connectivity index (χ0) is 23.8. The fourth-order valence-corrected chi connectivity index (χ4v) is 4.18. The third kappa shape index (κ3) is 7.42. The van der Waals surface area contributed by atoms with Gasteiger partial charge in [-0.15, -0.1) is 0 Å². The van der Waals surface area contributed by atoms with E-state index in [0.717, 1.165) is 32.2 Å². The van der Waals surface area contributed by atoms with Crippen LogP contribution in [0.4, 0.5) is 9.18 Å². The van der Waals surface area contributed by atoms with Crippen LogP contribution in [0.1, 0.15) is 52.9 Å². The number of benzene rings is 1. The van der Waals surface area contributed by atoms with Gasteiger partial charge in [-0.3, -0.25) is 4.90 Å². The highest BCUT2D eigenvalue weighted by Gasteiger charge is 2.29. The number of hydrogen-bond acceptors (Lipinski definition) is 6. The molecular weight excluding hydrogens is 425 g/mol. The van der Waals surface area contributed by atoms with E-state index in [1.807, 2.05) is 25.7 Å². The molecule has 182 valence electrons. The molecule has 0 spiro atoms. The lowest BCUT2D eigenvalue weighted by molar-refractivity contribution is 0.00823. The number of rotatable bonds is 3. The molecular formula is C24H36FN5O3. The largest absolute Gasteiger partial charge is 0.494 e. The summed E-state index contributed by atoms with van der Waals surface area (Å²) < 4.78 is 25.0. The van der Waals surface area contributed by atoms with Crippen molar-refractivity contribution in [1.82, 2.24) is 24.6 Å². The molecule has 9 heteroatoms. The monoisotopic (exact) mass is 461 g/mol. The predicted molar refractivity (Wildman–Crippen MR) is 124 cm³/mol. The fraction of sp³-hybridized carbons (Fsp3) is 0.625. The SMILES string of the molecule is CC(C)(C)OC(=O)N1CCN(C2CCCCC2)CC1.COc1ccc(-n2cncn2)cc1F. The van der Waals surface area contributed by atoms with Gasteiger partial charge in [-0.2, -0.15) is 5.10 Å². The van der Waals surface area contributed by atoms with Crippen LogP contribution in [0.15, 0.2) is 30.9 Å². The number of piperazine rings is 1. The van der Waals surface area contributed by atoms with Crippen LogP contribution in [0.2, 0.25) is 0 Å². The highest BCUT2D eigenvalue weighted by molar-refractivity contribution is 5.68. The van der Waals surface area contributed by atoms with Crippen molar-refractivity contribution >= 4 is 6.09 Å². The quantitative estimate of drug-likeness (QED) is 0.679. The molecule has 1 aromatic carbocycles. The molecule has 0 bridgehead atoms. The van der Waals surface area contributed by atoms with E-state index in [-0.39, 0.29) is 11.8 Å². The van der Waals surface area contributed by atoms with Crippen LogP contribution in [0.3, 0.4) is 0 Å². The summed E-state index contributed by atoms with van der Waals surface area (Å²) in [5.74, 6) is -0.200. The lowest BCUT2D eigenvalue weighted by Gasteiger charge is -2.40. The molecule has 1 amide bonds. The van der Waals surface area contributed by atoms with Crippen molar-refractivity contribution in [1.29, 1.82) is 0 Å². The minimum Gasteiger partial charge on any atom is -0.494 e. The van der Waals surface area contributed by atoms with Crippen LogP contribution < -0.4 is 4.74 Å². The second-order valence-corrected chi connectivity index (χ2v) is 9.45. The van der Waals surface area contributed by atoms with Crippen molar-refractivity contribution < 1.29 is 18.7 Å². The summed E-state index contributed by atoms with van der Waals surface area (Å²) in [4.78, 5) is 20.2. The van der Waals surface area contributed by atoms with Crippen LogP contribution in [0, 0.1) is 5.82 Å². The van der Waals surface area contributed by atoms with Crippen LogP contribution in [-0.2, 0) is 4.74 Å². The normalized spacial score (nSPS) is 17.8. The summed E-state index contributed by atoms with van der Waals surface area (Å²) in [5, 5.41) is 3.88. The van der Waals surface area contributed by atoms with E-state index in [9.17, 15) is 9.18 Å². The van der Waals surface area contributed by atoms with Crippen molar-refractivity contribution in [3.8, 4) is 11.4 Å². The van der Waals surface area contributed by atoms with E-state index in [4.69, 9.17) is 9.47 Å². The standard InChI is InChI=1S/C15H28N2O2.C9H8FN3O/c1-15(2,3)19-14(18)17-11-9-16(10-12-17)13-7-5-4-6-8-13;1-14-9-3-2-7(4-8(9)10)13-6-11-5-12-13/h13H,4-12H2,1-3H3;2-6H,1H3. The number of nitrogens with zero attached hydrogens (tertiary/aromatic N) is 5. The third-order valence-corrected chi connectivity index (χ3v) is 5.88. The molecule has 1 aromatic heterocycles.